The van der Waals surface area contributed by atoms with Crippen molar-refractivity contribution in [3.05, 3.63) is 70.7 Å². The Balaban J connectivity index is 2.29. The van der Waals surface area contributed by atoms with Crippen LogP contribution < -0.4 is 0 Å². The Labute approximate surface area is 159 Å². The smallest absolute Gasteiger partial charge is 0.362 e. The highest BCUT2D eigenvalue weighted by Gasteiger charge is 2.42. The maximum atomic E-state index is 13.3. The Morgan fingerprint density at radius 3 is 2.12 bits per heavy atom. The average Bonchev–Trinajstić information content (AvgIpc) is 2.63. The van der Waals surface area contributed by atoms with E-state index in [1.807, 2.05) is 30.3 Å². The molecule has 0 saturated heterocycles. The molecule has 0 aliphatic carbocycles. The third-order valence-corrected chi connectivity index (χ3v) is 6.22. The first kappa shape index (κ1) is 21.1. The number of benzene rings is 2. The van der Waals surface area contributed by atoms with Crippen molar-refractivity contribution in [3.63, 3.8) is 0 Å². The van der Waals surface area contributed by atoms with Crippen molar-refractivity contribution < 1.29 is 23.5 Å². The first-order valence-electron chi connectivity index (χ1n) is 8.48. The number of rotatable bonds is 10. The van der Waals surface area contributed by atoms with Gasteiger partial charge in [0.2, 0.25) is 0 Å². The van der Waals surface area contributed by atoms with Crippen molar-refractivity contribution in [3.8, 4) is 0 Å². The molecule has 5 nitrogen and oxygen atoms in total. The van der Waals surface area contributed by atoms with Crippen LogP contribution in [0.25, 0.3) is 0 Å². The van der Waals surface area contributed by atoms with Crippen LogP contribution in [0.4, 0.5) is 0 Å². The minimum absolute atomic E-state index is 0.167. The van der Waals surface area contributed by atoms with Gasteiger partial charge in [-0.05, 0) is 37.1 Å². The van der Waals surface area contributed by atoms with Crippen LogP contribution >= 0.6 is 19.2 Å². The van der Waals surface area contributed by atoms with Crippen molar-refractivity contribution in [2.45, 2.75) is 32.4 Å². The minimum atomic E-state index is -3.71. The molecule has 7 heteroatoms. The van der Waals surface area contributed by atoms with E-state index in [1.54, 1.807) is 38.1 Å². The third kappa shape index (κ3) is 5.65. The molecule has 0 aliphatic heterocycles. The zero-order valence-corrected chi connectivity index (χ0v) is 16.5. The predicted molar refractivity (Wildman–Crippen MR) is 102 cm³/mol. The van der Waals surface area contributed by atoms with Crippen molar-refractivity contribution in [2.75, 3.05) is 13.2 Å². The van der Waals surface area contributed by atoms with Crippen molar-refractivity contribution in [2.24, 2.45) is 0 Å². The van der Waals surface area contributed by atoms with Crippen LogP contribution in [0.15, 0.2) is 54.6 Å². The van der Waals surface area contributed by atoms with Crippen LogP contribution in [0, 0.1) is 0 Å². The Bertz CT molecular complexity index is 698. The van der Waals surface area contributed by atoms with Gasteiger partial charge >= 0.3 is 7.60 Å². The molecule has 142 valence electrons. The van der Waals surface area contributed by atoms with E-state index in [0.717, 1.165) is 5.56 Å². The summed E-state index contributed by atoms with van der Waals surface area (Å²) in [6.07, 6.45) is -1.19. The van der Waals surface area contributed by atoms with E-state index in [2.05, 4.69) is 0 Å². The maximum Gasteiger partial charge on any atom is 0.362 e. The van der Waals surface area contributed by atoms with Crippen LogP contribution in [0.1, 0.15) is 31.1 Å². The van der Waals surface area contributed by atoms with Gasteiger partial charge in [-0.3, -0.25) is 4.57 Å². The molecule has 0 heterocycles. The van der Waals surface area contributed by atoms with E-state index in [9.17, 15) is 9.67 Å². The molecule has 2 aromatic rings. The van der Waals surface area contributed by atoms with E-state index in [1.165, 1.54) is 0 Å². The zero-order chi connectivity index (χ0) is 19.0. The molecule has 0 spiro atoms. The largest absolute Gasteiger partial charge is 0.385 e. The Kier molecular flexibility index (Phi) is 8.29. The highest BCUT2D eigenvalue weighted by molar-refractivity contribution is 7.54. The van der Waals surface area contributed by atoms with Gasteiger partial charge in [-0.1, -0.05) is 54.1 Å². The summed E-state index contributed by atoms with van der Waals surface area (Å²) in [6.45, 7) is 3.95. The summed E-state index contributed by atoms with van der Waals surface area (Å²) in [7, 11) is -3.71. The van der Waals surface area contributed by atoms with Gasteiger partial charge in [-0.2, -0.15) is 0 Å². The molecule has 0 bridgehead atoms. The lowest BCUT2D eigenvalue weighted by Gasteiger charge is -2.30. The lowest BCUT2D eigenvalue weighted by atomic mass is 10.1. The molecular weight excluding hydrogens is 375 g/mol. The third-order valence-electron chi connectivity index (χ3n) is 3.67. The second kappa shape index (κ2) is 10.2. The first-order chi connectivity index (χ1) is 12.5. The second-order valence-corrected chi connectivity index (χ2v) is 8.10. The van der Waals surface area contributed by atoms with Gasteiger partial charge in [-0.15, -0.1) is 0 Å². The van der Waals surface area contributed by atoms with Crippen LogP contribution in [-0.2, 0) is 25.0 Å². The zero-order valence-electron chi connectivity index (χ0n) is 14.9. The van der Waals surface area contributed by atoms with Crippen LogP contribution in [-0.4, -0.2) is 24.2 Å². The quantitative estimate of drug-likeness (QED) is 0.558. The summed E-state index contributed by atoms with van der Waals surface area (Å²) in [6, 6.07) is 16.1. The topological polar surface area (TPSA) is 65.0 Å². The molecule has 0 radical (unpaired) electrons. The van der Waals surface area contributed by atoms with Gasteiger partial charge < -0.3 is 18.9 Å². The van der Waals surface area contributed by atoms with Crippen LogP contribution in [0.5, 0.6) is 0 Å². The fourth-order valence-electron chi connectivity index (χ4n) is 2.48. The standard InChI is InChI=1S/C19H24ClO5P/c1-3-24-26(22,25-4-2)19(23-14-15-8-6-5-7-9-15)18(21)16-10-12-17(20)13-11-16/h5-13,18-19,21H,3-4,14H2,1-2H3/t18-,19-/m1/s1. The summed E-state index contributed by atoms with van der Waals surface area (Å²) in [5, 5.41) is 11.4. The number of halogens is 1. The second-order valence-electron chi connectivity index (χ2n) is 5.56. The molecule has 26 heavy (non-hydrogen) atoms. The Morgan fingerprint density at radius 1 is 1.00 bits per heavy atom. The number of hydrogen-bond donors (Lipinski definition) is 1. The van der Waals surface area contributed by atoms with Gasteiger partial charge in [0, 0.05) is 5.02 Å². The maximum absolute atomic E-state index is 13.3. The lowest BCUT2D eigenvalue weighted by molar-refractivity contribution is -0.0204. The Morgan fingerprint density at radius 2 is 1.58 bits per heavy atom. The van der Waals surface area contributed by atoms with Crippen molar-refractivity contribution >= 4 is 19.2 Å². The SMILES string of the molecule is CCOP(=O)(OCC)[C@@H](OCc1ccccc1)[C@H](O)c1ccc(Cl)cc1. The average molecular weight is 399 g/mol. The van der Waals surface area contributed by atoms with E-state index in [0.29, 0.717) is 10.6 Å². The van der Waals surface area contributed by atoms with Gasteiger partial charge in [0.1, 0.15) is 6.10 Å². The molecule has 0 amide bonds. The number of hydrogen-bond acceptors (Lipinski definition) is 5. The van der Waals surface area contributed by atoms with Crippen molar-refractivity contribution in [1.82, 2.24) is 0 Å². The molecular formula is C19H24ClO5P. The van der Waals surface area contributed by atoms with Gasteiger partial charge in [0.25, 0.3) is 0 Å². The van der Waals surface area contributed by atoms with Gasteiger partial charge in [0.05, 0.1) is 19.8 Å². The van der Waals surface area contributed by atoms with Crippen molar-refractivity contribution in [1.29, 1.82) is 0 Å². The predicted octanol–water partition coefficient (Wildman–Crippen LogP) is 5.18. The fraction of sp³-hybridized carbons (Fsp3) is 0.368. The molecule has 0 saturated carbocycles. The molecule has 2 aromatic carbocycles. The molecule has 1 N–H and O–H groups in total. The van der Waals surface area contributed by atoms with Crippen LogP contribution in [0.2, 0.25) is 5.02 Å². The lowest BCUT2D eigenvalue weighted by Crippen LogP contribution is -2.25. The number of aliphatic hydroxyl groups is 1. The minimum Gasteiger partial charge on any atom is -0.385 e. The molecule has 2 rings (SSSR count). The fourth-order valence-corrected chi connectivity index (χ4v) is 4.47. The molecule has 0 aromatic heterocycles. The van der Waals surface area contributed by atoms with E-state index < -0.39 is 19.5 Å². The Hall–Kier alpha value is -1.20. The molecule has 2 atom stereocenters. The first-order valence-corrected chi connectivity index (χ1v) is 10.5. The number of aliphatic hydroxyl groups excluding tert-OH is 1. The monoisotopic (exact) mass is 398 g/mol. The summed E-state index contributed by atoms with van der Waals surface area (Å²) in [4.78, 5) is 0. The highest BCUT2D eigenvalue weighted by Crippen LogP contribution is 2.57. The van der Waals surface area contributed by atoms with E-state index in [4.69, 9.17) is 25.4 Å². The molecule has 0 aliphatic rings. The van der Waals surface area contributed by atoms with Gasteiger partial charge in [0.15, 0.2) is 5.85 Å². The van der Waals surface area contributed by atoms with E-state index in [-0.39, 0.29) is 19.8 Å². The normalized spacial score (nSPS) is 14.2. The summed E-state index contributed by atoms with van der Waals surface area (Å²) < 4.78 is 29.9. The molecule has 0 fully saturated rings. The summed E-state index contributed by atoms with van der Waals surface area (Å²) in [5.41, 5.74) is 1.41. The van der Waals surface area contributed by atoms with Gasteiger partial charge in [-0.25, -0.2) is 0 Å². The summed E-state index contributed by atoms with van der Waals surface area (Å²) in [5.74, 6) is -1.16. The molecule has 0 unspecified atom stereocenters. The van der Waals surface area contributed by atoms with E-state index >= 15 is 0 Å². The van der Waals surface area contributed by atoms with Crippen LogP contribution in [0.3, 0.4) is 0 Å². The highest BCUT2D eigenvalue weighted by atomic mass is 35.5. The summed E-state index contributed by atoms with van der Waals surface area (Å²) >= 11 is 5.91. The number of ether oxygens (including phenoxy) is 1.